The van der Waals surface area contributed by atoms with E-state index < -0.39 is 0 Å². The van der Waals surface area contributed by atoms with Crippen LogP contribution in [0.1, 0.15) is 19.8 Å². The molecule has 0 radical (unpaired) electrons. The average Bonchev–Trinajstić information content (AvgIpc) is 1.71. The summed E-state index contributed by atoms with van der Waals surface area (Å²) in [6.45, 7) is 2.98. The Hall–Kier alpha value is 0.650. The van der Waals surface area contributed by atoms with Crippen molar-refractivity contribution in [3.8, 4) is 0 Å². The second-order valence-electron chi connectivity index (χ2n) is 1.33. The molecule has 2 nitrogen and oxygen atoms in total. The van der Waals surface area contributed by atoms with Crippen LogP contribution in [0.2, 0.25) is 0 Å². The maximum absolute atomic E-state index is 5.14. The van der Waals surface area contributed by atoms with Crippen molar-refractivity contribution >= 4 is 22.9 Å². The molecule has 0 heterocycles. The predicted molar refractivity (Wildman–Crippen MR) is 47.0 cm³/mol. The van der Waals surface area contributed by atoms with Gasteiger partial charge in [0.25, 0.3) is 0 Å². The average molecular weight is 230 g/mol. The van der Waals surface area contributed by atoms with Gasteiger partial charge in [-0.2, -0.15) is 0 Å². The summed E-state index contributed by atoms with van der Waals surface area (Å²) in [7, 11) is 1.86. The summed E-state index contributed by atoms with van der Waals surface area (Å²) in [5.41, 5.74) is 5.14. The Morgan fingerprint density at radius 1 is 1.62 bits per heavy atom. The number of nitrogens with two attached hydrogens (primary N) is 1. The van der Waals surface area contributed by atoms with Gasteiger partial charge in [0.2, 0.25) is 0 Å². The van der Waals surface area contributed by atoms with Gasteiger partial charge in [-0.05, 0) is 20.0 Å². The molecule has 3 heteroatoms. The van der Waals surface area contributed by atoms with Crippen molar-refractivity contribution in [2.75, 3.05) is 13.6 Å². The van der Waals surface area contributed by atoms with Gasteiger partial charge < -0.3 is 5.73 Å². The van der Waals surface area contributed by atoms with Crippen LogP contribution in [0.3, 0.4) is 0 Å². The van der Waals surface area contributed by atoms with Crippen LogP contribution >= 0.6 is 22.9 Å². The molecule has 0 unspecified atom stereocenters. The summed E-state index contributed by atoms with van der Waals surface area (Å²) in [5, 5.41) is 0. The Bertz CT molecular complexity index is 24.4. The first-order valence-corrected chi connectivity index (χ1v) is 3.88. The van der Waals surface area contributed by atoms with Gasteiger partial charge in [-0.3, -0.25) is 3.53 Å². The molecular formula is C5H15IN2. The highest BCUT2D eigenvalue weighted by Crippen LogP contribution is 1.77. The molecule has 0 spiro atoms. The summed E-state index contributed by atoms with van der Waals surface area (Å²) in [6.07, 6.45) is 2.39. The molecule has 0 aromatic carbocycles. The highest BCUT2D eigenvalue weighted by Gasteiger charge is 1.67. The lowest BCUT2D eigenvalue weighted by atomic mass is 10.3. The van der Waals surface area contributed by atoms with E-state index in [1.54, 1.807) is 0 Å². The first-order valence-electron chi connectivity index (χ1n) is 2.80. The Morgan fingerprint density at radius 2 is 2.00 bits per heavy atom. The molecule has 0 atom stereocenters. The summed E-state index contributed by atoms with van der Waals surface area (Å²) in [4.78, 5) is 0. The molecule has 3 N–H and O–H groups in total. The zero-order valence-electron chi connectivity index (χ0n) is 5.58. The molecular weight excluding hydrogens is 215 g/mol. The molecule has 0 bridgehead atoms. The fraction of sp³-hybridized carbons (Fsp3) is 1.00. The third-order valence-corrected chi connectivity index (χ3v) is 0.558. The molecule has 0 saturated carbocycles. The quantitative estimate of drug-likeness (QED) is 0.554. The van der Waals surface area contributed by atoms with Gasteiger partial charge in [-0.15, -0.1) is 0 Å². The molecule has 0 saturated heterocycles. The molecule has 0 aromatic rings. The van der Waals surface area contributed by atoms with E-state index in [-0.39, 0.29) is 0 Å². The van der Waals surface area contributed by atoms with Gasteiger partial charge in [-0.25, -0.2) is 0 Å². The number of hydrogen-bond donors (Lipinski definition) is 2. The smallest absolute Gasteiger partial charge is 0.0166 e. The van der Waals surface area contributed by atoms with Gasteiger partial charge in [0, 0.05) is 22.9 Å². The van der Waals surface area contributed by atoms with E-state index in [1.165, 1.54) is 12.8 Å². The predicted octanol–water partition coefficient (Wildman–Crippen LogP) is 1.30. The fourth-order valence-electron chi connectivity index (χ4n) is 0.204. The van der Waals surface area contributed by atoms with Crippen molar-refractivity contribution in [3.63, 3.8) is 0 Å². The van der Waals surface area contributed by atoms with Gasteiger partial charge >= 0.3 is 0 Å². The zero-order chi connectivity index (χ0) is 6.83. The summed E-state index contributed by atoms with van der Waals surface area (Å²) in [6, 6.07) is 0. The van der Waals surface area contributed by atoms with Crippen LogP contribution in [0.15, 0.2) is 0 Å². The highest BCUT2D eigenvalue weighted by atomic mass is 127. The second-order valence-corrected chi connectivity index (χ2v) is 2.41. The van der Waals surface area contributed by atoms with Gasteiger partial charge in [0.15, 0.2) is 0 Å². The summed E-state index contributed by atoms with van der Waals surface area (Å²) in [5.74, 6) is 0. The van der Waals surface area contributed by atoms with E-state index in [9.17, 15) is 0 Å². The van der Waals surface area contributed by atoms with E-state index in [1.807, 2.05) is 29.9 Å². The lowest BCUT2D eigenvalue weighted by Gasteiger charge is -1.80. The third kappa shape index (κ3) is 30.2. The molecule has 0 amide bonds. The largest absolute Gasteiger partial charge is 0.330 e. The summed E-state index contributed by atoms with van der Waals surface area (Å²) < 4.78 is 2.72. The number of rotatable bonds is 2. The molecule has 0 aliphatic rings. The highest BCUT2D eigenvalue weighted by molar-refractivity contribution is 14.1. The van der Waals surface area contributed by atoms with Crippen LogP contribution in [0.4, 0.5) is 0 Å². The minimum atomic E-state index is 0.844. The third-order valence-electron chi connectivity index (χ3n) is 0.558. The Morgan fingerprint density at radius 3 is 2.00 bits per heavy atom. The molecule has 0 aliphatic heterocycles. The van der Waals surface area contributed by atoms with Crippen LogP contribution in [-0.2, 0) is 0 Å². The normalized spacial score (nSPS) is 7.50. The number of unbranched alkanes of at least 4 members (excludes halogenated alkanes) is 1. The van der Waals surface area contributed by atoms with Crippen LogP contribution in [-0.4, -0.2) is 13.6 Å². The lowest BCUT2D eigenvalue weighted by Crippen LogP contribution is -1.95. The van der Waals surface area contributed by atoms with Crippen molar-refractivity contribution in [1.82, 2.24) is 3.53 Å². The molecule has 0 rings (SSSR count). The summed E-state index contributed by atoms with van der Waals surface area (Å²) >= 11 is 2.04. The van der Waals surface area contributed by atoms with Crippen LogP contribution in [0, 0.1) is 0 Å². The molecule has 0 aromatic heterocycles. The van der Waals surface area contributed by atoms with E-state index >= 15 is 0 Å². The Kier molecular flexibility index (Phi) is 22.4. The monoisotopic (exact) mass is 230 g/mol. The molecule has 8 heavy (non-hydrogen) atoms. The van der Waals surface area contributed by atoms with Gasteiger partial charge in [0.05, 0.1) is 0 Å². The number of nitrogens with one attached hydrogen (secondary N) is 1. The molecule has 0 fully saturated rings. The SMILES string of the molecule is CCCCN.CNI. The van der Waals surface area contributed by atoms with Crippen LogP contribution < -0.4 is 9.26 Å². The van der Waals surface area contributed by atoms with Crippen molar-refractivity contribution in [2.45, 2.75) is 19.8 Å². The van der Waals surface area contributed by atoms with E-state index in [0.29, 0.717) is 0 Å². The van der Waals surface area contributed by atoms with Gasteiger partial charge in [-0.1, -0.05) is 13.3 Å². The van der Waals surface area contributed by atoms with Crippen LogP contribution in [0.25, 0.3) is 0 Å². The standard InChI is InChI=1S/C4H11N.CH4IN/c1-2-3-4-5;1-3-2/h2-5H2,1H3;3H,1H3. The topological polar surface area (TPSA) is 38.0 Å². The first kappa shape index (κ1) is 11.4. The second kappa shape index (κ2) is 15.6. The molecule has 52 valence electrons. The van der Waals surface area contributed by atoms with Crippen molar-refractivity contribution < 1.29 is 0 Å². The van der Waals surface area contributed by atoms with E-state index in [2.05, 4.69) is 10.5 Å². The minimum Gasteiger partial charge on any atom is -0.330 e. The van der Waals surface area contributed by atoms with Crippen molar-refractivity contribution in [2.24, 2.45) is 5.73 Å². The van der Waals surface area contributed by atoms with E-state index in [0.717, 1.165) is 6.54 Å². The Labute approximate surface area is 65.7 Å². The maximum atomic E-state index is 5.14. The number of hydrogen-bond acceptors (Lipinski definition) is 2. The van der Waals surface area contributed by atoms with Gasteiger partial charge in [0.1, 0.15) is 0 Å². The van der Waals surface area contributed by atoms with Crippen LogP contribution in [0.5, 0.6) is 0 Å². The fourth-order valence-corrected chi connectivity index (χ4v) is 0.204. The minimum absolute atomic E-state index is 0.844. The zero-order valence-corrected chi connectivity index (χ0v) is 7.73. The lowest BCUT2D eigenvalue weighted by molar-refractivity contribution is 0.807. The number of halogens is 1. The first-order chi connectivity index (χ1) is 3.83. The Balaban J connectivity index is 0. The van der Waals surface area contributed by atoms with Crippen molar-refractivity contribution in [1.29, 1.82) is 0 Å². The molecule has 0 aliphatic carbocycles. The van der Waals surface area contributed by atoms with E-state index in [4.69, 9.17) is 5.73 Å². The van der Waals surface area contributed by atoms with Crippen molar-refractivity contribution in [3.05, 3.63) is 0 Å². The maximum Gasteiger partial charge on any atom is 0.0166 e.